The zero-order valence-electron chi connectivity index (χ0n) is 14.4. The van der Waals surface area contributed by atoms with E-state index in [9.17, 15) is 0 Å². The Bertz CT molecular complexity index is 537. The number of hydrogen-bond donors (Lipinski definition) is 2. The van der Waals surface area contributed by atoms with E-state index in [0.29, 0.717) is 6.54 Å². The zero-order valence-corrected chi connectivity index (χ0v) is 17.6. The van der Waals surface area contributed by atoms with Crippen LogP contribution in [0.2, 0.25) is 0 Å². The summed E-state index contributed by atoms with van der Waals surface area (Å²) >= 11 is 1.74. The highest BCUT2D eigenvalue weighted by Crippen LogP contribution is 2.19. The van der Waals surface area contributed by atoms with Gasteiger partial charge in [0.05, 0.1) is 17.2 Å². The van der Waals surface area contributed by atoms with E-state index < -0.39 is 0 Å². The van der Waals surface area contributed by atoms with Crippen molar-refractivity contribution in [3.05, 3.63) is 27.2 Å². The Morgan fingerprint density at radius 1 is 1.30 bits per heavy atom. The first kappa shape index (κ1) is 20.4. The van der Waals surface area contributed by atoms with Gasteiger partial charge in [-0.2, -0.15) is 0 Å². The van der Waals surface area contributed by atoms with Crippen molar-refractivity contribution in [3.63, 3.8) is 0 Å². The smallest absolute Gasteiger partial charge is 0.191 e. The molecule has 1 aromatic rings. The summed E-state index contributed by atoms with van der Waals surface area (Å²) < 4.78 is 0. The molecule has 1 heterocycles. The molecule has 0 amide bonds. The van der Waals surface area contributed by atoms with Crippen LogP contribution in [0.4, 0.5) is 0 Å². The van der Waals surface area contributed by atoms with Crippen molar-refractivity contribution < 1.29 is 0 Å². The van der Waals surface area contributed by atoms with Gasteiger partial charge in [-0.15, -0.1) is 35.3 Å². The summed E-state index contributed by atoms with van der Waals surface area (Å²) in [5.74, 6) is 0.907. The van der Waals surface area contributed by atoms with Crippen molar-refractivity contribution in [2.45, 2.75) is 59.4 Å². The van der Waals surface area contributed by atoms with Crippen LogP contribution in [0, 0.1) is 13.8 Å². The first-order valence-corrected chi connectivity index (χ1v) is 9.13. The molecule has 0 aliphatic heterocycles. The highest BCUT2D eigenvalue weighted by Gasteiger charge is 2.06. The number of guanidine groups is 1. The molecule has 0 radical (unpaired) electrons. The molecule has 130 valence electrons. The number of nitrogens with one attached hydrogen (secondary N) is 2. The molecule has 0 saturated heterocycles. The minimum atomic E-state index is 0. The van der Waals surface area contributed by atoms with E-state index in [1.54, 1.807) is 16.9 Å². The predicted molar refractivity (Wildman–Crippen MR) is 111 cm³/mol. The second kappa shape index (κ2) is 11.0. The Labute approximate surface area is 161 Å². The summed E-state index contributed by atoms with van der Waals surface area (Å²) in [4.78, 5) is 10.4. The average Bonchev–Trinajstić information content (AvgIpc) is 2.84. The Kier molecular flexibility index (Phi) is 9.78. The Hall–Kier alpha value is -0.630. The summed E-state index contributed by atoms with van der Waals surface area (Å²) in [7, 11) is 0. The molecule has 1 aliphatic carbocycles. The molecule has 2 N–H and O–H groups in total. The first-order valence-electron chi connectivity index (χ1n) is 8.32. The van der Waals surface area contributed by atoms with Gasteiger partial charge in [0.15, 0.2) is 5.96 Å². The van der Waals surface area contributed by atoms with Crippen molar-refractivity contribution in [1.29, 1.82) is 0 Å². The summed E-state index contributed by atoms with van der Waals surface area (Å²) in [6, 6.07) is 0. The van der Waals surface area contributed by atoms with E-state index in [2.05, 4.69) is 40.5 Å². The van der Waals surface area contributed by atoms with E-state index >= 15 is 0 Å². The summed E-state index contributed by atoms with van der Waals surface area (Å²) in [6.45, 7) is 8.75. The van der Waals surface area contributed by atoms with Crippen LogP contribution in [0.3, 0.4) is 0 Å². The van der Waals surface area contributed by atoms with Crippen LogP contribution < -0.4 is 10.6 Å². The summed E-state index contributed by atoms with van der Waals surface area (Å²) in [5, 5.41) is 7.88. The number of rotatable bonds is 6. The third kappa shape index (κ3) is 7.20. The number of hydrogen-bond acceptors (Lipinski definition) is 3. The Morgan fingerprint density at radius 2 is 2.13 bits per heavy atom. The molecule has 0 aromatic carbocycles. The van der Waals surface area contributed by atoms with Crippen molar-refractivity contribution >= 4 is 41.3 Å². The number of halogens is 1. The standard InChI is InChI=1S/C17H28N4S.HI/c1-4-18-17(19-11-10-15-8-6-5-7-9-15)20-12-16-13(2)21-14(3)22-16;/h8H,4-7,9-12H2,1-3H3,(H2,18,19,20);1H. The molecule has 1 aliphatic rings. The predicted octanol–water partition coefficient (Wildman–Crippen LogP) is 4.32. The number of allylic oxidation sites excluding steroid dienone is 1. The normalized spacial score (nSPS) is 14.9. The lowest BCUT2D eigenvalue weighted by Gasteiger charge is -2.15. The third-order valence-electron chi connectivity index (χ3n) is 3.85. The Balaban J connectivity index is 0.00000264. The van der Waals surface area contributed by atoms with E-state index in [0.717, 1.165) is 36.2 Å². The number of thiazole rings is 1. The van der Waals surface area contributed by atoms with Crippen LogP contribution in [0.5, 0.6) is 0 Å². The maximum absolute atomic E-state index is 4.69. The lowest BCUT2D eigenvalue weighted by molar-refractivity contribution is 0.665. The van der Waals surface area contributed by atoms with E-state index in [1.165, 1.54) is 30.6 Å². The molecule has 6 heteroatoms. The van der Waals surface area contributed by atoms with Crippen LogP contribution in [0.15, 0.2) is 16.6 Å². The molecule has 0 unspecified atom stereocenters. The number of nitrogens with zero attached hydrogens (tertiary/aromatic N) is 2. The lowest BCUT2D eigenvalue weighted by atomic mass is 9.97. The third-order valence-corrected chi connectivity index (χ3v) is 4.91. The van der Waals surface area contributed by atoms with E-state index in [1.807, 2.05) is 6.92 Å². The highest BCUT2D eigenvalue weighted by molar-refractivity contribution is 14.0. The molecule has 4 nitrogen and oxygen atoms in total. The van der Waals surface area contributed by atoms with Gasteiger partial charge in [0.2, 0.25) is 0 Å². The quantitative estimate of drug-likeness (QED) is 0.295. The van der Waals surface area contributed by atoms with Crippen LogP contribution in [0.1, 0.15) is 54.6 Å². The summed E-state index contributed by atoms with van der Waals surface area (Å²) in [6.07, 6.45) is 8.78. The van der Waals surface area contributed by atoms with E-state index in [-0.39, 0.29) is 24.0 Å². The van der Waals surface area contributed by atoms with Gasteiger partial charge >= 0.3 is 0 Å². The summed E-state index contributed by atoms with van der Waals surface area (Å²) in [5.41, 5.74) is 2.71. The molecule has 0 saturated carbocycles. The van der Waals surface area contributed by atoms with Crippen LogP contribution in [-0.2, 0) is 6.54 Å². The number of aliphatic imine (C=N–C) groups is 1. The lowest BCUT2D eigenvalue weighted by Crippen LogP contribution is -2.37. The molecule has 23 heavy (non-hydrogen) atoms. The second-order valence-corrected chi connectivity index (χ2v) is 7.01. The largest absolute Gasteiger partial charge is 0.357 e. The molecule has 0 spiro atoms. The SMILES string of the molecule is CCNC(=NCc1sc(C)nc1C)NCCC1=CCCCC1.I. The topological polar surface area (TPSA) is 49.3 Å². The molecule has 0 atom stereocenters. The van der Waals surface area contributed by atoms with Crippen LogP contribution in [0.25, 0.3) is 0 Å². The maximum Gasteiger partial charge on any atom is 0.191 e. The number of aromatic nitrogens is 1. The highest BCUT2D eigenvalue weighted by atomic mass is 127. The Morgan fingerprint density at radius 3 is 2.74 bits per heavy atom. The molecule has 1 aromatic heterocycles. The van der Waals surface area contributed by atoms with Gasteiger partial charge < -0.3 is 10.6 Å². The van der Waals surface area contributed by atoms with Crippen molar-refractivity contribution in [2.75, 3.05) is 13.1 Å². The van der Waals surface area contributed by atoms with Crippen molar-refractivity contribution in [3.8, 4) is 0 Å². The fraction of sp³-hybridized carbons (Fsp3) is 0.647. The number of aryl methyl sites for hydroxylation is 2. The average molecular weight is 448 g/mol. The van der Waals surface area contributed by atoms with Gasteiger partial charge in [0.1, 0.15) is 0 Å². The first-order chi connectivity index (χ1) is 10.7. The van der Waals surface area contributed by atoms with Gasteiger partial charge in [-0.1, -0.05) is 11.6 Å². The van der Waals surface area contributed by atoms with Gasteiger partial charge in [0, 0.05) is 18.0 Å². The molecule has 2 rings (SSSR count). The fourth-order valence-corrected chi connectivity index (χ4v) is 3.55. The zero-order chi connectivity index (χ0) is 15.8. The fourth-order valence-electron chi connectivity index (χ4n) is 2.69. The van der Waals surface area contributed by atoms with E-state index in [4.69, 9.17) is 0 Å². The van der Waals surface area contributed by atoms with Gasteiger partial charge in [0.25, 0.3) is 0 Å². The minimum Gasteiger partial charge on any atom is -0.357 e. The van der Waals surface area contributed by atoms with Gasteiger partial charge in [-0.25, -0.2) is 9.98 Å². The maximum atomic E-state index is 4.69. The monoisotopic (exact) mass is 448 g/mol. The molecule has 0 bridgehead atoms. The molecular formula is C17H29IN4S. The molecule has 0 fully saturated rings. The van der Waals surface area contributed by atoms with Gasteiger partial charge in [-0.3, -0.25) is 0 Å². The van der Waals surface area contributed by atoms with Gasteiger partial charge in [-0.05, 0) is 52.9 Å². The minimum absolute atomic E-state index is 0. The van der Waals surface area contributed by atoms with Crippen molar-refractivity contribution in [1.82, 2.24) is 15.6 Å². The van der Waals surface area contributed by atoms with Crippen LogP contribution in [-0.4, -0.2) is 24.0 Å². The second-order valence-electron chi connectivity index (χ2n) is 5.72. The molecular weight excluding hydrogens is 419 g/mol. The van der Waals surface area contributed by atoms with Crippen molar-refractivity contribution in [2.24, 2.45) is 4.99 Å². The van der Waals surface area contributed by atoms with Crippen LogP contribution >= 0.6 is 35.3 Å².